The van der Waals surface area contributed by atoms with E-state index in [9.17, 15) is 9.59 Å². The van der Waals surface area contributed by atoms with Gasteiger partial charge in [0.05, 0.1) is 19.8 Å². The van der Waals surface area contributed by atoms with Gasteiger partial charge in [-0.25, -0.2) is 0 Å². The smallest absolute Gasteiger partial charge is 0.282 e. The average Bonchev–Trinajstić information content (AvgIpc) is 2.63. The van der Waals surface area contributed by atoms with E-state index in [1.165, 1.54) is 7.11 Å². The molecule has 2 amide bonds. The van der Waals surface area contributed by atoms with Crippen LogP contribution in [0.2, 0.25) is 5.02 Å². The monoisotopic (exact) mass is 418 g/mol. The van der Waals surface area contributed by atoms with Gasteiger partial charge in [0.15, 0.2) is 12.6 Å². The number of quaternary nitrogens is 1. The maximum Gasteiger partial charge on any atom is 0.282 e. The van der Waals surface area contributed by atoms with E-state index in [2.05, 4.69) is 10.6 Å². The largest absolute Gasteiger partial charge is 0.495 e. The summed E-state index contributed by atoms with van der Waals surface area (Å²) in [5.41, 5.74) is 4.52. The topological polar surface area (TPSA) is 71.9 Å². The molecule has 0 saturated carbocycles. The Kier molecular flexibility index (Phi) is 7.65. The summed E-state index contributed by atoms with van der Waals surface area (Å²) in [7, 11) is 3.34. The molecule has 2 aromatic carbocycles. The second kappa shape index (κ2) is 9.76. The molecule has 0 aliphatic heterocycles. The lowest BCUT2D eigenvalue weighted by Gasteiger charge is -2.22. The molecule has 2 rings (SSSR count). The Hall–Kier alpha value is -2.57. The minimum atomic E-state index is -0.415. The molecule has 7 heteroatoms. The Balaban J connectivity index is 2.01. The van der Waals surface area contributed by atoms with Gasteiger partial charge in [0, 0.05) is 10.7 Å². The Morgan fingerprint density at radius 1 is 1.10 bits per heavy atom. The molecule has 0 saturated heterocycles. The van der Waals surface area contributed by atoms with Crippen molar-refractivity contribution in [1.82, 2.24) is 0 Å². The van der Waals surface area contributed by atoms with Crippen LogP contribution in [-0.2, 0) is 9.59 Å². The number of aryl methyl sites for hydroxylation is 3. The van der Waals surface area contributed by atoms with Gasteiger partial charge in [-0.2, -0.15) is 0 Å². The van der Waals surface area contributed by atoms with E-state index >= 15 is 0 Å². The number of carbonyl (C=O) groups is 2. The second-order valence-corrected chi connectivity index (χ2v) is 7.84. The molecule has 0 fully saturated rings. The molecule has 1 unspecified atom stereocenters. The van der Waals surface area contributed by atoms with Crippen molar-refractivity contribution in [3.05, 3.63) is 52.0 Å². The Labute approximate surface area is 177 Å². The number of hydrogen-bond acceptors (Lipinski definition) is 3. The Morgan fingerprint density at radius 2 is 1.72 bits per heavy atom. The number of amides is 2. The molecule has 0 heterocycles. The van der Waals surface area contributed by atoms with Crippen LogP contribution in [-0.4, -0.2) is 38.6 Å². The van der Waals surface area contributed by atoms with Crippen molar-refractivity contribution in [3.8, 4) is 5.75 Å². The van der Waals surface area contributed by atoms with Gasteiger partial charge in [-0.3, -0.25) is 9.59 Å². The first kappa shape index (κ1) is 22.7. The van der Waals surface area contributed by atoms with Crippen molar-refractivity contribution in [2.75, 3.05) is 31.3 Å². The summed E-state index contributed by atoms with van der Waals surface area (Å²) in [6.07, 6.45) is 0. The summed E-state index contributed by atoms with van der Waals surface area (Å²) in [5, 5.41) is 6.30. The van der Waals surface area contributed by atoms with Crippen LogP contribution in [0.3, 0.4) is 0 Å². The molecule has 0 aliphatic rings. The van der Waals surface area contributed by atoms with Crippen molar-refractivity contribution in [1.29, 1.82) is 0 Å². The number of methoxy groups -OCH3 is 1. The molecule has 156 valence electrons. The number of halogens is 1. The second-order valence-electron chi connectivity index (χ2n) is 7.40. The van der Waals surface area contributed by atoms with E-state index in [1.54, 1.807) is 25.1 Å². The van der Waals surface area contributed by atoms with Crippen LogP contribution in [0, 0.1) is 20.8 Å². The maximum atomic E-state index is 12.7. The fourth-order valence-electron chi connectivity index (χ4n) is 3.21. The third-order valence-corrected chi connectivity index (χ3v) is 5.17. The number of carbonyl (C=O) groups excluding carboxylic acids is 2. The lowest BCUT2D eigenvalue weighted by Crippen LogP contribution is -3.14. The molecular formula is C22H29ClN3O3+. The highest BCUT2D eigenvalue weighted by Gasteiger charge is 2.25. The normalized spacial score (nSPS) is 12.8. The fraction of sp³-hybridized carbons (Fsp3) is 0.364. The highest BCUT2D eigenvalue weighted by molar-refractivity contribution is 6.31. The molecule has 2 atom stereocenters. The molecule has 0 radical (unpaired) electrons. The number of benzene rings is 2. The SMILES string of the molecule is COc1ccc(Cl)cc1NC(=O)C[NH+](C)[C@@H](C)C(=O)Nc1c(C)cc(C)cc1C. The molecule has 6 nitrogen and oxygen atoms in total. The van der Waals surface area contributed by atoms with Crippen molar-refractivity contribution in [3.63, 3.8) is 0 Å². The summed E-state index contributed by atoms with van der Waals surface area (Å²) in [6.45, 7) is 7.90. The van der Waals surface area contributed by atoms with Crippen molar-refractivity contribution < 1.29 is 19.2 Å². The first-order valence-corrected chi connectivity index (χ1v) is 9.84. The maximum absolute atomic E-state index is 12.7. The summed E-state index contributed by atoms with van der Waals surface area (Å²) in [4.78, 5) is 26.0. The number of nitrogens with one attached hydrogen (secondary N) is 3. The number of likely N-dealkylation sites (N-methyl/N-ethyl adjacent to an activating group) is 1. The molecule has 0 spiro atoms. The zero-order chi connectivity index (χ0) is 21.7. The van der Waals surface area contributed by atoms with E-state index in [1.807, 2.05) is 40.0 Å². The van der Waals surface area contributed by atoms with E-state index in [-0.39, 0.29) is 18.4 Å². The standard InChI is InChI=1S/C22H28ClN3O3/c1-13-9-14(2)21(15(3)10-13)25-22(28)16(4)26(5)12-20(27)24-18-11-17(23)7-8-19(18)29-6/h7-11,16H,12H2,1-6H3,(H,24,27)(H,25,28)/p+1/t16-/m0/s1. The van der Waals surface area contributed by atoms with E-state index in [0.717, 1.165) is 27.3 Å². The van der Waals surface area contributed by atoms with Crippen LogP contribution < -0.4 is 20.3 Å². The quantitative estimate of drug-likeness (QED) is 0.647. The molecule has 2 aromatic rings. The van der Waals surface area contributed by atoms with Crippen molar-refractivity contribution >= 4 is 34.8 Å². The molecule has 0 aromatic heterocycles. The van der Waals surface area contributed by atoms with E-state index in [0.29, 0.717) is 16.5 Å². The van der Waals surface area contributed by atoms with Gasteiger partial charge in [-0.1, -0.05) is 29.3 Å². The minimum absolute atomic E-state index is 0.121. The summed E-state index contributed by atoms with van der Waals surface area (Å²) >= 11 is 6.00. The third-order valence-electron chi connectivity index (χ3n) is 4.93. The van der Waals surface area contributed by atoms with E-state index in [4.69, 9.17) is 16.3 Å². The van der Waals surface area contributed by atoms with Crippen LogP contribution in [0.1, 0.15) is 23.6 Å². The van der Waals surface area contributed by atoms with Crippen molar-refractivity contribution in [2.45, 2.75) is 33.7 Å². The first-order chi connectivity index (χ1) is 13.6. The lowest BCUT2D eigenvalue weighted by atomic mass is 10.0. The van der Waals surface area contributed by atoms with Gasteiger partial charge in [0.1, 0.15) is 5.75 Å². The zero-order valence-electron chi connectivity index (χ0n) is 17.8. The Morgan fingerprint density at radius 3 is 2.31 bits per heavy atom. The summed E-state index contributed by atoms with van der Waals surface area (Å²) in [5.74, 6) is 0.160. The molecule has 0 bridgehead atoms. The van der Waals surface area contributed by atoms with Gasteiger partial charge in [0.2, 0.25) is 0 Å². The first-order valence-electron chi connectivity index (χ1n) is 9.46. The number of hydrogen-bond donors (Lipinski definition) is 3. The van der Waals surface area contributed by atoms with Gasteiger partial charge in [-0.15, -0.1) is 0 Å². The molecule has 3 N–H and O–H groups in total. The predicted molar refractivity (Wildman–Crippen MR) is 117 cm³/mol. The zero-order valence-corrected chi connectivity index (χ0v) is 18.5. The van der Waals surface area contributed by atoms with Crippen molar-refractivity contribution in [2.24, 2.45) is 0 Å². The predicted octanol–water partition coefficient (Wildman–Crippen LogP) is 2.75. The van der Waals surface area contributed by atoms with Crippen LogP contribution in [0.4, 0.5) is 11.4 Å². The van der Waals surface area contributed by atoms with Gasteiger partial charge < -0.3 is 20.3 Å². The third kappa shape index (κ3) is 5.95. The molecule has 29 heavy (non-hydrogen) atoms. The van der Waals surface area contributed by atoms with Crippen LogP contribution in [0.15, 0.2) is 30.3 Å². The van der Waals surface area contributed by atoms with Gasteiger partial charge in [0.25, 0.3) is 11.8 Å². The molecule has 0 aliphatic carbocycles. The fourth-order valence-corrected chi connectivity index (χ4v) is 3.38. The lowest BCUT2D eigenvalue weighted by molar-refractivity contribution is -0.885. The molecular weight excluding hydrogens is 390 g/mol. The average molecular weight is 419 g/mol. The highest BCUT2D eigenvalue weighted by Crippen LogP contribution is 2.27. The number of ether oxygens (including phenoxy) is 1. The van der Waals surface area contributed by atoms with Gasteiger partial charge >= 0.3 is 0 Å². The summed E-state index contributed by atoms with van der Waals surface area (Å²) < 4.78 is 5.24. The van der Waals surface area contributed by atoms with E-state index < -0.39 is 6.04 Å². The van der Waals surface area contributed by atoms with Crippen LogP contribution in [0.5, 0.6) is 5.75 Å². The van der Waals surface area contributed by atoms with Crippen LogP contribution in [0.25, 0.3) is 0 Å². The highest BCUT2D eigenvalue weighted by atomic mass is 35.5. The summed E-state index contributed by atoms with van der Waals surface area (Å²) in [6, 6.07) is 8.67. The van der Waals surface area contributed by atoms with Gasteiger partial charge in [-0.05, 0) is 57.0 Å². The minimum Gasteiger partial charge on any atom is -0.495 e. The Bertz CT molecular complexity index is 891. The number of anilines is 2. The van der Waals surface area contributed by atoms with Crippen LogP contribution >= 0.6 is 11.6 Å². The number of rotatable bonds is 7.